The Morgan fingerprint density at radius 3 is 1.03 bits per heavy atom. The van der Waals surface area contributed by atoms with E-state index in [1.54, 1.807) is 0 Å². The highest BCUT2D eigenvalue weighted by molar-refractivity contribution is 4.68. The topological polar surface area (TPSA) is 40.5 Å². The summed E-state index contributed by atoms with van der Waals surface area (Å²) in [6, 6.07) is 0. The summed E-state index contributed by atoms with van der Waals surface area (Å²) in [5.74, 6) is 1.46. The van der Waals surface area contributed by atoms with E-state index in [2.05, 4.69) is 27.7 Å². The van der Waals surface area contributed by atoms with Gasteiger partial charge in [-0.25, -0.2) is 0 Å². The zero-order valence-corrected chi connectivity index (χ0v) is 26.3. The van der Waals surface area contributed by atoms with Crippen LogP contribution in [0.4, 0.5) is 0 Å². The van der Waals surface area contributed by atoms with Crippen LogP contribution in [0.3, 0.4) is 0 Å². The third kappa shape index (κ3) is 25.9. The van der Waals surface area contributed by atoms with Crippen LogP contribution < -0.4 is 0 Å². The maximum absolute atomic E-state index is 10.5. The molecule has 4 unspecified atom stereocenters. The molecule has 2 nitrogen and oxygen atoms in total. The first-order valence-electron chi connectivity index (χ1n) is 17.4. The number of rotatable bonds is 30. The average molecular weight is 525 g/mol. The number of aliphatic hydroxyl groups excluding tert-OH is 2. The normalized spacial score (nSPS) is 15.1. The Hall–Kier alpha value is -0.0800. The van der Waals surface area contributed by atoms with E-state index in [4.69, 9.17) is 0 Å². The van der Waals surface area contributed by atoms with Crippen molar-refractivity contribution in [3.8, 4) is 0 Å². The molecule has 0 aliphatic carbocycles. The molecule has 0 spiro atoms. The van der Waals surface area contributed by atoms with Gasteiger partial charge in [0.1, 0.15) is 0 Å². The number of unbranched alkanes of at least 4 members (excludes halogenated alkanes) is 15. The SMILES string of the molecule is CCCCCCCCCCCCCCCCCC(O)CCC(CC)CCC(O)CCC(CC)CCCC. The van der Waals surface area contributed by atoms with Crippen LogP contribution in [0.2, 0.25) is 0 Å². The third-order valence-corrected chi connectivity index (χ3v) is 8.99. The van der Waals surface area contributed by atoms with Crippen LogP contribution in [-0.4, -0.2) is 22.4 Å². The third-order valence-electron chi connectivity index (χ3n) is 8.99. The lowest BCUT2D eigenvalue weighted by Gasteiger charge is -2.20. The van der Waals surface area contributed by atoms with Crippen LogP contribution in [-0.2, 0) is 0 Å². The van der Waals surface area contributed by atoms with Crippen molar-refractivity contribution in [2.75, 3.05) is 0 Å². The minimum absolute atomic E-state index is 0.121. The lowest BCUT2D eigenvalue weighted by molar-refractivity contribution is 0.123. The standard InChI is InChI=1S/C35H72O2/c1-5-9-11-12-13-14-15-16-17-18-19-20-21-22-23-25-34(36)29-27-33(8-4)28-31-35(37)30-26-32(7-3)24-10-6-2/h32-37H,5-31H2,1-4H3. The van der Waals surface area contributed by atoms with Gasteiger partial charge in [0.25, 0.3) is 0 Å². The Kier molecular flexibility index (Phi) is 28.9. The highest BCUT2D eigenvalue weighted by atomic mass is 16.3. The zero-order valence-electron chi connectivity index (χ0n) is 26.3. The molecule has 4 atom stereocenters. The summed E-state index contributed by atoms with van der Waals surface area (Å²) < 4.78 is 0. The quantitative estimate of drug-likeness (QED) is 0.0917. The van der Waals surface area contributed by atoms with Gasteiger partial charge in [-0.1, -0.05) is 156 Å². The lowest BCUT2D eigenvalue weighted by atomic mass is 9.89. The van der Waals surface area contributed by atoms with Gasteiger partial charge >= 0.3 is 0 Å². The van der Waals surface area contributed by atoms with Gasteiger partial charge in [0.2, 0.25) is 0 Å². The summed E-state index contributed by atoms with van der Waals surface area (Å²) in [6.07, 6.45) is 34.3. The van der Waals surface area contributed by atoms with Crippen molar-refractivity contribution in [2.45, 2.75) is 213 Å². The fraction of sp³-hybridized carbons (Fsp3) is 1.00. The van der Waals surface area contributed by atoms with Crippen LogP contribution in [0.25, 0.3) is 0 Å². The van der Waals surface area contributed by atoms with Gasteiger partial charge < -0.3 is 10.2 Å². The smallest absolute Gasteiger partial charge is 0.0540 e. The number of hydrogen-bond acceptors (Lipinski definition) is 2. The van der Waals surface area contributed by atoms with Gasteiger partial charge in [-0.2, -0.15) is 0 Å². The van der Waals surface area contributed by atoms with E-state index in [0.717, 1.165) is 44.4 Å². The predicted octanol–water partition coefficient (Wildman–Crippen LogP) is 11.6. The summed E-state index contributed by atoms with van der Waals surface area (Å²) in [4.78, 5) is 0. The predicted molar refractivity (Wildman–Crippen MR) is 166 cm³/mol. The Bertz CT molecular complexity index is 423. The van der Waals surface area contributed by atoms with E-state index in [1.807, 2.05) is 0 Å². The summed E-state index contributed by atoms with van der Waals surface area (Å²) in [5, 5.41) is 21.0. The first kappa shape index (κ1) is 36.9. The molecule has 0 saturated heterocycles. The maximum atomic E-state index is 10.5. The molecule has 0 aromatic rings. The van der Waals surface area contributed by atoms with Gasteiger partial charge in [-0.05, 0) is 56.8 Å². The van der Waals surface area contributed by atoms with Crippen molar-refractivity contribution in [1.82, 2.24) is 0 Å². The van der Waals surface area contributed by atoms with E-state index in [-0.39, 0.29) is 12.2 Å². The summed E-state index contributed by atoms with van der Waals surface area (Å²) in [5.41, 5.74) is 0. The molecule has 37 heavy (non-hydrogen) atoms. The molecule has 0 aliphatic rings. The Labute approximate surface area is 235 Å². The van der Waals surface area contributed by atoms with Crippen molar-refractivity contribution in [1.29, 1.82) is 0 Å². The molecule has 2 heteroatoms. The van der Waals surface area contributed by atoms with Crippen molar-refractivity contribution in [3.63, 3.8) is 0 Å². The van der Waals surface area contributed by atoms with Crippen molar-refractivity contribution in [2.24, 2.45) is 11.8 Å². The van der Waals surface area contributed by atoms with Crippen molar-refractivity contribution in [3.05, 3.63) is 0 Å². The second-order valence-electron chi connectivity index (χ2n) is 12.5. The van der Waals surface area contributed by atoms with E-state index < -0.39 is 0 Å². The largest absolute Gasteiger partial charge is 0.393 e. The molecule has 0 aromatic heterocycles. The summed E-state index contributed by atoms with van der Waals surface area (Å²) in [7, 11) is 0. The number of aliphatic hydroxyl groups is 2. The summed E-state index contributed by atoms with van der Waals surface area (Å²) in [6.45, 7) is 9.13. The van der Waals surface area contributed by atoms with Crippen molar-refractivity contribution >= 4 is 0 Å². The first-order chi connectivity index (χ1) is 18.1. The fourth-order valence-electron chi connectivity index (χ4n) is 5.92. The molecule has 0 saturated carbocycles. The molecule has 0 amide bonds. The van der Waals surface area contributed by atoms with Crippen molar-refractivity contribution < 1.29 is 10.2 Å². The number of hydrogen-bond donors (Lipinski definition) is 2. The molecule has 224 valence electrons. The second-order valence-corrected chi connectivity index (χ2v) is 12.5. The fourth-order valence-corrected chi connectivity index (χ4v) is 5.92. The van der Waals surface area contributed by atoms with Gasteiger partial charge in [0.15, 0.2) is 0 Å². The lowest BCUT2D eigenvalue weighted by Crippen LogP contribution is -2.14. The van der Waals surface area contributed by atoms with Crippen LogP contribution in [0.15, 0.2) is 0 Å². The summed E-state index contributed by atoms with van der Waals surface area (Å²) >= 11 is 0. The average Bonchev–Trinajstić information content (AvgIpc) is 2.91. The molecule has 2 N–H and O–H groups in total. The maximum Gasteiger partial charge on any atom is 0.0540 e. The van der Waals surface area contributed by atoms with Crippen LogP contribution in [0.1, 0.15) is 201 Å². The molecular weight excluding hydrogens is 452 g/mol. The Morgan fingerprint density at radius 1 is 0.324 bits per heavy atom. The van der Waals surface area contributed by atoms with Gasteiger partial charge in [0.05, 0.1) is 12.2 Å². The van der Waals surface area contributed by atoms with Gasteiger partial charge in [-0.3, -0.25) is 0 Å². The Balaban J connectivity index is 3.60. The van der Waals surface area contributed by atoms with E-state index in [0.29, 0.717) is 5.92 Å². The second kappa shape index (κ2) is 28.9. The van der Waals surface area contributed by atoms with E-state index >= 15 is 0 Å². The Morgan fingerprint density at radius 2 is 0.649 bits per heavy atom. The van der Waals surface area contributed by atoms with Crippen LogP contribution in [0.5, 0.6) is 0 Å². The molecule has 0 heterocycles. The van der Waals surface area contributed by atoms with E-state index in [9.17, 15) is 10.2 Å². The highest BCUT2D eigenvalue weighted by Gasteiger charge is 2.15. The minimum Gasteiger partial charge on any atom is -0.393 e. The molecule has 0 aliphatic heterocycles. The van der Waals surface area contributed by atoms with Gasteiger partial charge in [0, 0.05) is 0 Å². The molecular formula is C35H72O2. The first-order valence-corrected chi connectivity index (χ1v) is 17.4. The molecule has 0 rings (SSSR count). The van der Waals surface area contributed by atoms with E-state index in [1.165, 1.54) is 135 Å². The monoisotopic (exact) mass is 525 g/mol. The molecule has 0 fully saturated rings. The molecule has 0 bridgehead atoms. The highest BCUT2D eigenvalue weighted by Crippen LogP contribution is 2.24. The zero-order chi connectivity index (χ0) is 27.4. The van der Waals surface area contributed by atoms with Crippen LogP contribution >= 0.6 is 0 Å². The van der Waals surface area contributed by atoms with Crippen LogP contribution in [0, 0.1) is 11.8 Å². The van der Waals surface area contributed by atoms with Gasteiger partial charge in [-0.15, -0.1) is 0 Å². The minimum atomic E-state index is -0.130. The molecule has 0 aromatic carbocycles. The molecule has 0 radical (unpaired) electrons.